The Hall–Kier alpha value is -1.10. The summed E-state index contributed by atoms with van der Waals surface area (Å²) in [5, 5.41) is 10.2. The van der Waals surface area contributed by atoms with E-state index in [4.69, 9.17) is 9.31 Å². The Morgan fingerprint density at radius 2 is 1.57 bits per heavy atom. The number of aliphatic hydroxyl groups excluding tert-OH is 1. The van der Waals surface area contributed by atoms with E-state index in [0.29, 0.717) is 0 Å². The molecular formula is C17H25BO3. The van der Waals surface area contributed by atoms with Gasteiger partial charge in [0.2, 0.25) is 0 Å². The van der Waals surface area contributed by atoms with Gasteiger partial charge in [0.25, 0.3) is 0 Å². The lowest BCUT2D eigenvalue weighted by atomic mass is 9.78. The molecular weight excluding hydrogens is 263 g/mol. The molecule has 0 bridgehead atoms. The maximum absolute atomic E-state index is 10.2. The van der Waals surface area contributed by atoms with E-state index in [0.717, 1.165) is 11.0 Å². The zero-order chi connectivity index (χ0) is 15.8. The summed E-state index contributed by atoms with van der Waals surface area (Å²) in [6.45, 7) is 13.8. The Balaban J connectivity index is 2.16. The summed E-state index contributed by atoms with van der Waals surface area (Å²) in [6, 6.07) is 7.75. The van der Waals surface area contributed by atoms with Crippen LogP contribution >= 0.6 is 0 Å². The average molecular weight is 288 g/mol. The maximum Gasteiger partial charge on any atom is 0.494 e. The van der Waals surface area contributed by atoms with Crippen molar-refractivity contribution in [2.75, 3.05) is 0 Å². The van der Waals surface area contributed by atoms with E-state index in [1.165, 1.54) is 0 Å². The van der Waals surface area contributed by atoms with Gasteiger partial charge in [0.1, 0.15) is 0 Å². The lowest BCUT2D eigenvalue weighted by Crippen LogP contribution is -2.41. The van der Waals surface area contributed by atoms with E-state index in [-0.39, 0.29) is 24.2 Å². The van der Waals surface area contributed by atoms with Crippen molar-refractivity contribution in [3.8, 4) is 0 Å². The molecule has 4 heteroatoms. The summed E-state index contributed by atoms with van der Waals surface area (Å²) in [4.78, 5) is 0. The summed E-state index contributed by atoms with van der Waals surface area (Å²) in [7, 11) is -0.363. The third kappa shape index (κ3) is 3.08. The van der Waals surface area contributed by atoms with Gasteiger partial charge < -0.3 is 14.4 Å². The zero-order valence-electron chi connectivity index (χ0n) is 13.6. The summed E-state index contributed by atoms with van der Waals surface area (Å²) in [5.74, 6) is 0.0210. The SMILES string of the molecule is C=C[C@H](C)[C@H](O)c1ccc(B2OC(C)(C)C(C)(C)O2)cc1. The second kappa shape index (κ2) is 5.60. The normalized spacial score (nSPS) is 22.9. The van der Waals surface area contributed by atoms with E-state index in [2.05, 4.69) is 6.58 Å². The third-order valence-electron chi connectivity index (χ3n) is 4.67. The molecule has 0 radical (unpaired) electrons. The number of hydrogen-bond donors (Lipinski definition) is 1. The summed E-state index contributed by atoms with van der Waals surface area (Å²) in [5.41, 5.74) is 1.17. The molecule has 2 atom stereocenters. The van der Waals surface area contributed by atoms with Crippen molar-refractivity contribution >= 4 is 12.6 Å². The van der Waals surface area contributed by atoms with Crippen LogP contribution in [-0.4, -0.2) is 23.4 Å². The Bertz CT molecular complexity index is 491. The van der Waals surface area contributed by atoms with Gasteiger partial charge in [0.05, 0.1) is 17.3 Å². The molecule has 1 N–H and O–H groups in total. The van der Waals surface area contributed by atoms with Crippen molar-refractivity contribution in [1.82, 2.24) is 0 Å². The molecule has 21 heavy (non-hydrogen) atoms. The highest BCUT2D eigenvalue weighted by molar-refractivity contribution is 6.62. The van der Waals surface area contributed by atoms with Gasteiger partial charge in [-0.1, -0.05) is 37.3 Å². The standard InChI is InChI=1S/C17H25BO3/c1-7-12(2)15(19)13-8-10-14(11-9-13)18-20-16(3,4)17(5,6)21-18/h7-12,15,19H,1H2,2-6H3/t12-,15-/m0/s1. The Labute approximate surface area is 128 Å². The van der Waals surface area contributed by atoms with Crippen LogP contribution in [0.4, 0.5) is 0 Å². The monoisotopic (exact) mass is 288 g/mol. The van der Waals surface area contributed by atoms with Gasteiger partial charge >= 0.3 is 7.12 Å². The van der Waals surface area contributed by atoms with Gasteiger partial charge in [-0.15, -0.1) is 6.58 Å². The highest BCUT2D eigenvalue weighted by Crippen LogP contribution is 2.36. The van der Waals surface area contributed by atoms with E-state index in [1.54, 1.807) is 6.08 Å². The highest BCUT2D eigenvalue weighted by Gasteiger charge is 2.51. The van der Waals surface area contributed by atoms with Crippen LogP contribution in [0.3, 0.4) is 0 Å². The maximum atomic E-state index is 10.2. The smallest absolute Gasteiger partial charge is 0.399 e. The summed E-state index contributed by atoms with van der Waals surface area (Å²) < 4.78 is 12.0. The molecule has 0 aliphatic carbocycles. The minimum atomic E-state index is -0.533. The van der Waals surface area contributed by atoms with Gasteiger partial charge in [-0.2, -0.15) is 0 Å². The second-order valence-corrected chi connectivity index (χ2v) is 6.79. The van der Waals surface area contributed by atoms with Crippen molar-refractivity contribution in [3.63, 3.8) is 0 Å². The predicted octanol–water partition coefficient (Wildman–Crippen LogP) is 2.84. The summed E-state index contributed by atoms with van der Waals surface area (Å²) >= 11 is 0. The molecule has 1 aliphatic heterocycles. The topological polar surface area (TPSA) is 38.7 Å². The largest absolute Gasteiger partial charge is 0.494 e. The van der Waals surface area contributed by atoms with Gasteiger partial charge in [-0.3, -0.25) is 0 Å². The second-order valence-electron chi connectivity index (χ2n) is 6.79. The molecule has 0 spiro atoms. The van der Waals surface area contributed by atoms with Crippen LogP contribution in [0.1, 0.15) is 46.3 Å². The molecule has 0 unspecified atom stereocenters. The van der Waals surface area contributed by atoms with Gasteiger partial charge in [0.15, 0.2) is 0 Å². The van der Waals surface area contributed by atoms with Crippen molar-refractivity contribution < 1.29 is 14.4 Å². The molecule has 1 fully saturated rings. The Morgan fingerprint density at radius 3 is 2.00 bits per heavy atom. The van der Waals surface area contributed by atoms with Crippen molar-refractivity contribution in [3.05, 3.63) is 42.5 Å². The quantitative estimate of drug-likeness (QED) is 0.684. The fourth-order valence-electron chi connectivity index (χ4n) is 2.26. The van der Waals surface area contributed by atoms with Crippen LogP contribution in [0.15, 0.2) is 36.9 Å². The first-order valence-corrected chi connectivity index (χ1v) is 7.44. The van der Waals surface area contributed by atoms with Crippen LogP contribution in [0.2, 0.25) is 0 Å². The highest BCUT2D eigenvalue weighted by atomic mass is 16.7. The number of benzene rings is 1. The number of hydrogen-bond acceptors (Lipinski definition) is 3. The lowest BCUT2D eigenvalue weighted by Gasteiger charge is -2.32. The van der Waals surface area contributed by atoms with E-state index < -0.39 is 6.10 Å². The number of aliphatic hydroxyl groups is 1. The predicted molar refractivity (Wildman–Crippen MR) is 86.5 cm³/mol. The van der Waals surface area contributed by atoms with Crippen LogP contribution in [0.5, 0.6) is 0 Å². The molecule has 0 saturated carbocycles. The molecule has 1 saturated heterocycles. The number of rotatable bonds is 4. The molecule has 0 aromatic heterocycles. The van der Waals surface area contributed by atoms with E-state index >= 15 is 0 Å². The van der Waals surface area contributed by atoms with Gasteiger partial charge in [0, 0.05) is 5.92 Å². The fraction of sp³-hybridized carbons (Fsp3) is 0.529. The fourth-order valence-corrected chi connectivity index (χ4v) is 2.26. The molecule has 114 valence electrons. The molecule has 3 nitrogen and oxygen atoms in total. The van der Waals surface area contributed by atoms with Crippen LogP contribution < -0.4 is 5.46 Å². The van der Waals surface area contributed by atoms with Crippen LogP contribution in [-0.2, 0) is 9.31 Å². The van der Waals surface area contributed by atoms with Gasteiger partial charge in [-0.05, 0) is 38.7 Å². The van der Waals surface area contributed by atoms with Crippen molar-refractivity contribution in [2.24, 2.45) is 5.92 Å². The van der Waals surface area contributed by atoms with Gasteiger partial charge in [-0.25, -0.2) is 0 Å². The molecule has 2 rings (SSSR count). The van der Waals surface area contributed by atoms with Crippen molar-refractivity contribution in [1.29, 1.82) is 0 Å². The first-order chi connectivity index (χ1) is 9.68. The average Bonchev–Trinajstić information content (AvgIpc) is 2.66. The van der Waals surface area contributed by atoms with Crippen LogP contribution in [0.25, 0.3) is 0 Å². The van der Waals surface area contributed by atoms with E-state index in [1.807, 2.05) is 58.9 Å². The first kappa shape index (κ1) is 16.3. The minimum absolute atomic E-state index is 0.0210. The lowest BCUT2D eigenvalue weighted by molar-refractivity contribution is 0.00578. The molecule has 0 amide bonds. The summed E-state index contributed by atoms with van der Waals surface area (Å²) in [6.07, 6.45) is 1.22. The molecule has 1 aromatic rings. The first-order valence-electron chi connectivity index (χ1n) is 7.44. The molecule has 1 heterocycles. The van der Waals surface area contributed by atoms with Crippen molar-refractivity contribution in [2.45, 2.75) is 51.9 Å². The molecule has 1 aromatic carbocycles. The molecule has 1 aliphatic rings. The third-order valence-corrected chi connectivity index (χ3v) is 4.67. The zero-order valence-corrected chi connectivity index (χ0v) is 13.6. The minimum Gasteiger partial charge on any atom is -0.399 e. The van der Waals surface area contributed by atoms with Crippen LogP contribution in [0, 0.1) is 5.92 Å². The van der Waals surface area contributed by atoms with E-state index in [9.17, 15) is 5.11 Å². The Kier molecular flexibility index (Phi) is 4.34. The Morgan fingerprint density at radius 1 is 1.10 bits per heavy atom.